The smallest absolute Gasteiger partial charge is 0.127 e. The van der Waals surface area contributed by atoms with Crippen LogP contribution in [-0.4, -0.2) is 26.3 Å². The van der Waals surface area contributed by atoms with E-state index < -0.39 is 0 Å². The first-order valence-electron chi connectivity index (χ1n) is 6.38. The maximum absolute atomic E-state index is 13.6. The van der Waals surface area contributed by atoms with Gasteiger partial charge in [-0.1, -0.05) is 18.2 Å². The van der Waals surface area contributed by atoms with Crippen LogP contribution < -0.4 is 11.1 Å². The molecule has 0 radical (unpaired) electrons. The minimum Gasteiger partial charge on any atom is -0.383 e. The normalized spacial score (nSPS) is 14.4. The molecule has 4 heteroatoms. The first-order chi connectivity index (χ1) is 8.69. The van der Waals surface area contributed by atoms with E-state index in [9.17, 15) is 4.39 Å². The number of benzene rings is 1. The molecule has 3 nitrogen and oxygen atoms in total. The highest BCUT2D eigenvalue weighted by atomic mass is 19.1. The van der Waals surface area contributed by atoms with Crippen molar-refractivity contribution in [2.24, 2.45) is 5.73 Å². The second kappa shape index (κ2) is 8.19. The average molecular weight is 254 g/mol. The molecule has 102 valence electrons. The largest absolute Gasteiger partial charge is 0.383 e. The first-order valence-corrected chi connectivity index (χ1v) is 6.38. The van der Waals surface area contributed by atoms with Crippen molar-refractivity contribution in [1.29, 1.82) is 0 Å². The number of ether oxygens (including phenoxy) is 1. The molecule has 1 unspecified atom stereocenters. The maximum atomic E-state index is 13.6. The van der Waals surface area contributed by atoms with E-state index in [0.717, 1.165) is 12.8 Å². The summed E-state index contributed by atoms with van der Waals surface area (Å²) in [6.07, 6.45) is 1.87. The van der Waals surface area contributed by atoms with E-state index in [4.69, 9.17) is 10.5 Å². The minimum atomic E-state index is -0.174. The van der Waals surface area contributed by atoms with Crippen molar-refractivity contribution in [1.82, 2.24) is 5.32 Å². The summed E-state index contributed by atoms with van der Waals surface area (Å²) in [5.74, 6) is -0.174. The zero-order chi connectivity index (χ0) is 13.4. The molecule has 1 aromatic carbocycles. The molecule has 0 aliphatic heterocycles. The van der Waals surface area contributed by atoms with E-state index in [-0.39, 0.29) is 17.9 Å². The Hall–Kier alpha value is -0.970. The summed E-state index contributed by atoms with van der Waals surface area (Å²) in [6, 6.07) is 7.00. The number of halogens is 1. The van der Waals surface area contributed by atoms with Gasteiger partial charge in [-0.05, 0) is 32.4 Å². The molecule has 1 aromatic rings. The van der Waals surface area contributed by atoms with Crippen molar-refractivity contribution in [3.8, 4) is 0 Å². The van der Waals surface area contributed by atoms with Gasteiger partial charge >= 0.3 is 0 Å². The van der Waals surface area contributed by atoms with Gasteiger partial charge in [0.15, 0.2) is 0 Å². The van der Waals surface area contributed by atoms with Crippen LogP contribution in [0.1, 0.15) is 31.4 Å². The van der Waals surface area contributed by atoms with Crippen molar-refractivity contribution >= 4 is 0 Å². The SMILES string of the molecule is COCC(CCCN)N[C@H](C)c1ccccc1F. The molecule has 0 aliphatic carbocycles. The topological polar surface area (TPSA) is 47.3 Å². The Kier molecular flexibility index (Phi) is 6.86. The van der Waals surface area contributed by atoms with E-state index in [1.165, 1.54) is 6.07 Å². The fourth-order valence-electron chi connectivity index (χ4n) is 2.05. The quantitative estimate of drug-likeness (QED) is 0.748. The van der Waals surface area contributed by atoms with Crippen LogP contribution in [0.5, 0.6) is 0 Å². The van der Waals surface area contributed by atoms with Gasteiger partial charge in [0.25, 0.3) is 0 Å². The molecular formula is C14H23FN2O. The van der Waals surface area contributed by atoms with Gasteiger partial charge in [-0.25, -0.2) is 4.39 Å². The average Bonchev–Trinajstić information content (AvgIpc) is 2.36. The van der Waals surface area contributed by atoms with E-state index in [1.54, 1.807) is 19.2 Å². The van der Waals surface area contributed by atoms with Gasteiger partial charge in [-0.3, -0.25) is 0 Å². The van der Waals surface area contributed by atoms with E-state index >= 15 is 0 Å². The fourth-order valence-corrected chi connectivity index (χ4v) is 2.05. The monoisotopic (exact) mass is 254 g/mol. The summed E-state index contributed by atoms with van der Waals surface area (Å²) >= 11 is 0. The molecule has 0 aromatic heterocycles. The van der Waals surface area contributed by atoms with Crippen LogP contribution in [-0.2, 0) is 4.74 Å². The summed E-state index contributed by atoms with van der Waals surface area (Å²) in [5, 5.41) is 3.39. The fraction of sp³-hybridized carbons (Fsp3) is 0.571. The zero-order valence-corrected chi connectivity index (χ0v) is 11.2. The van der Waals surface area contributed by atoms with Crippen molar-refractivity contribution in [2.75, 3.05) is 20.3 Å². The van der Waals surface area contributed by atoms with Gasteiger partial charge in [0.1, 0.15) is 5.82 Å². The zero-order valence-electron chi connectivity index (χ0n) is 11.2. The minimum absolute atomic E-state index is 0.0378. The first kappa shape index (κ1) is 15.1. The van der Waals surface area contributed by atoms with E-state index in [1.807, 2.05) is 13.0 Å². The Morgan fingerprint density at radius 1 is 1.39 bits per heavy atom. The molecule has 2 atom stereocenters. The van der Waals surface area contributed by atoms with Crippen LogP contribution >= 0.6 is 0 Å². The predicted molar refractivity (Wildman–Crippen MR) is 71.9 cm³/mol. The summed E-state index contributed by atoms with van der Waals surface area (Å²) in [7, 11) is 1.67. The molecule has 0 bridgehead atoms. The van der Waals surface area contributed by atoms with Crippen LogP contribution in [0.4, 0.5) is 4.39 Å². The lowest BCUT2D eigenvalue weighted by Crippen LogP contribution is -2.36. The number of hydrogen-bond donors (Lipinski definition) is 2. The lowest BCUT2D eigenvalue weighted by molar-refractivity contribution is 0.156. The van der Waals surface area contributed by atoms with Crippen LogP contribution in [0.15, 0.2) is 24.3 Å². The Bertz CT molecular complexity index is 346. The Labute approximate surface area is 109 Å². The van der Waals surface area contributed by atoms with Gasteiger partial charge in [-0.15, -0.1) is 0 Å². The molecule has 0 saturated carbocycles. The maximum Gasteiger partial charge on any atom is 0.127 e. The second-order valence-corrected chi connectivity index (χ2v) is 4.49. The number of nitrogens with one attached hydrogen (secondary N) is 1. The van der Waals surface area contributed by atoms with Crippen molar-refractivity contribution in [3.63, 3.8) is 0 Å². The van der Waals surface area contributed by atoms with E-state index in [0.29, 0.717) is 18.7 Å². The highest BCUT2D eigenvalue weighted by Gasteiger charge is 2.15. The van der Waals surface area contributed by atoms with Crippen LogP contribution in [0, 0.1) is 5.82 Å². The van der Waals surface area contributed by atoms with Gasteiger partial charge < -0.3 is 15.8 Å². The Morgan fingerprint density at radius 2 is 2.11 bits per heavy atom. The number of hydrogen-bond acceptors (Lipinski definition) is 3. The summed E-state index contributed by atoms with van der Waals surface area (Å²) in [6.45, 7) is 3.23. The highest BCUT2D eigenvalue weighted by Crippen LogP contribution is 2.17. The molecular weight excluding hydrogens is 231 g/mol. The number of nitrogens with two attached hydrogens (primary N) is 1. The predicted octanol–water partition coefficient (Wildman–Crippen LogP) is 2.23. The standard InChI is InChI=1S/C14H23FN2O/c1-11(13-7-3-4-8-14(13)15)17-12(10-18-2)6-5-9-16/h3-4,7-8,11-12,17H,5-6,9-10,16H2,1-2H3/t11-,12?/m1/s1. The lowest BCUT2D eigenvalue weighted by Gasteiger charge is -2.23. The van der Waals surface area contributed by atoms with E-state index in [2.05, 4.69) is 5.32 Å². The molecule has 0 amide bonds. The molecule has 0 fully saturated rings. The molecule has 0 heterocycles. The molecule has 0 aliphatic rings. The summed E-state index contributed by atoms with van der Waals surface area (Å²) in [5.41, 5.74) is 6.20. The molecule has 0 spiro atoms. The van der Waals surface area contributed by atoms with Gasteiger partial charge in [0, 0.05) is 24.8 Å². The molecule has 18 heavy (non-hydrogen) atoms. The van der Waals surface area contributed by atoms with Gasteiger partial charge in [-0.2, -0.15) is 0 Å². The summed E-state index contributed by atoms with van der Waals surface area (Å²) < 4.78 is 18.8. The third-order valence-corrected chi connectivity index (χ3v) is 2.98. The highest BCUT2D eigenvalue weighted by molar-refractivity contribution is 5.20. The van der Waals surface area contributed by atoms with Gasteiger partial charge in [0.2, 0.25) is 0 Å². The molecule has 1 rings (SSSR count). The van der Waals surface area contributed by atoms with Gasteiger partial charge in [0.05, 0.1) is 6.61 Å². The van der Waals surface area contributed by atoms with Crippen molar-refractivity contribution < 1.29 is 9.13 Å². The van der Waals surface area contributed by atoms with Crippen LogP contribution in [0.25, 0.3) is 0 Å². The Balaban J connectivity index is 2.60. The van der Waals surface area contributed by atoms with Crippen molar-refractivity contribution in [3.05, 3.63) is 35.6 Å². The van der Waals surface area contributed by atoms with Crippen LogP contribution in [0.3, 0.4) is 0 Å². The lowest BCUT2D eigenvalue weighted by atomic mass is 10.1. The third kappa shape index (κ3) is 4.72. The van der Waals surface area contributed by atoms with Crippen molar-refractivity contribution in [2.45, 2.75) is 31.8 Å². The molecule has 3 N–H and O–H groups in total. The Morgan fingerprint density at radius 3 is 2.72 bits per heavy atom. The third-order valence-electron chi connectivity index (χ3n) is 2.98. The number of rotatable bonds is 8. The molecule has 0 saturated heterocycles. The van der Waals surface area contributed by atoms with Crippen LogP contribution in [0.2, 0.25) is 0 Å². The second-order valence-electron chi connectivity index (χ2n) is 4.49. The number of methoxy groups -OCH3 is 1. The summed E-state index contributed by atoms with van der Waals surface area (Å²) in [4.78, 5) is 0.